The van der Waals surface area contributed by atoms with Crippen molar-refractivity contribution in [1.82, 2.24) is 0 Å². The van der Waals surface area contributed by atoms with Crippen molar-refractivity contribution in [2.75, 3.05) is 19.8 Å². The molecule has 4 nitrogen and oxygen atoms in total. The lowest BCUT2D eigenvalue weighted by molar-refractivity contribution is 0.132. The summed E-state index contributed by atoms with van der Waals surface area (Å²) in [5.41, 5.74) is 1.01. The molecule has 0 radical (unpaired) electrons. The Morgan fingerprint density at radius 3 is 2.35 bits per heavy atom. The molecular weight excluding hydrogens is 240 g/mol. The molecule has 96 valence electrons. The van der Waals surface area contributed by atoms with Crippen LogP contribution in [0.25, 0.3) is 0 Å². The van der Waals surface area contributed by atoms with E-state index in [-0.39, 0.29) is 11.5 Å². The zero-order valence-electron chi connectivity index (χ0n) is 10.2. The van der Waals surface area contributed by atoms with E-state index < -0.39 is 10.1 Å². The molecule has 0 saturated heterocycles. The maximum atomic E-state index is 11.7. The Hall–Kier alpha value is -0.910. The Labute approximate surface area is 103 Å². The van der Waals surface area contributed by atoms with Gasteiger partial charge in [-0.3, -0.25) is 4.18 Å². The largest absolute Gasteiger partial charge is 0.382 e. The summed E-state index contributed by atoms with van der Waals surface area (Å²) < 4.78 is 33.4. The van der Waals surface area contributed by atoms with Crippen LogP contribution < -0.4 is 0 Å². The van der Waals surface area contributed by atoms with Gasteiger partial charge in [-0.1, -0.05) is 17.7 Å². The standard InChI is InChI=1S/C12H18O4S/c1-3-15-9-4-10-16-17(13,14)12-7-5-11(2)6-8-12/h5-8H,3-4,9-10H2,1-2H3. The van der Waals surface area contributed by atoms with E-state index in [2.05, 4.69) is 0 Å². The zero-order valence-corrected chi connectivity index (χ0v) is 11.0. The zero-order chi connectivity index (χ0) is 12.7. The van der Waals surface area contributed by atoms with E-state index in [0.29, 0.717) is 19.6 Å². The van der Waals surface area contributed by atoms with Gasteiger partial charge in [0, 0.05) is 13.2 Å². The summed E-state index contributed by atoms with van der Waals surface area (Å²) in [4.78, 5) is 0.194. The van der Waals surface area contributed by atoms with E-state index >= 15 is 0 Å². The molecule has 0 heterocycles. The summed E-state index contributed by atoms with van der Waals surface area (Å²) in [5.74, 6) is 0. The first-order valence-corrected chi connectivity index (χ1v) is 7.01. The van der Waals surface area contributed by atoms with Gasteiger partial charge >= 0.3 is 0 Å². The maximum absolute atomic E-state index is 11.7. The average Bonchev–Trinajstić information content (AvgIpc) is 2.29. The molecule has 0 fully saturated rings. The Bertz CT molecular complexity index is 422. The Morgan fingerprint density at radius 1 is 1.12 bits per heavy atom. The summed E-state index contributed by atoms with van der Waals surface area (Å²) in [7, 11) is -3.62. The van der Waals surface area contributed by atoms with Crippen LogP contribution in [0.15, 0.2) is 29.2 Å². The minimum Gasteiger partial charge on any atom is -0.382 e. The molecule has 0 aliphatic heterocycles. The Balaban J connectivity index is 2.48. The second-order valence-corrected chi connectivity index (χ2v) is 5.25. The molecule has 0 aromatic heterocycles. The predicted molar refractivity (Wildman–Crippen MR) is 65.4 cm³/mol. The molecule has 0 spiro atoms. The minimum atomic E-state index is -3.62. The molecule has 0 amide bonds. The molecule has 0 atom stereocenters. The second kappa shape index (κ2) is 6.74. The van der Waals surface area contributed by atoms with E-state index in [1.807, 2.05) is 13.8 Å². The third-order valence-corrected chi connectivity index (χ3v) is 3.51. The maximum Gasteiger partial charge on any atom is 0.296 e. The highest BCUT2D eigenvalue weighted by molar-refractivity contribution is 7.86. The van der Waals surface area contributed by atoms with Gasteiger partial charge in [-0.15, -0.1) is 0 Å². The lowest BCUT2D eigenvalue weighted by Gasteiger charge is -2.06. The molecular formula is C12H18O4S. The highest BCUT2D eigenvalue weighted by Gasteiger charge is 2.13. The SMILES string of the molecule is CCOCCCOS(=O)(=O)c1ccc(C)cc1. The fourth-order valence-electron chi connectivity index (χ4n) is 1.25. The van der Waals surface area contributed by atoms with Crippen LogP contribution in [0.4, 0.5) is 0 Å². The lowest BCUT2D eigenvalue weighted by Crippen LogP contribution is -2.09. The quantitative estimate of drug-likeness (QED) is 0.555. The fraction of sp³-hybridized carbons (Fsp3) is 0.500. The van der Waals surface area contributed by atoms with Crippen LogP contribution in [-0.2, 0) is 19.0 Å². The summed E-state index contributed by atoms with van der Waals surface area (Å²) in [5, 5.41) is 0. The number of rotatable bonds is 7. The first kappa shape index (κ1) is 14.2. The van der Waals surface area contributed by atoms with Crippen LogP contribution in [-0.4, -0.2) is 28.2 Å². The molecule has 0 aliphatic carbocycles. The average molecular weight is 258 g/mol. The number of hydrogen-bond acceptors (Lipinski definition) is 4. The van der Waals surface area contributed by atoms with Crippen LogP contribution >= 0.6 is 0 Å². The first-order chi connectivity index (χ1) is 8.06. The second-order valence-electron chi connectivity index (χ2n) is 3.64. The Morgan fingerprint density at radius 2 is 1.76 bits per heavy atom. The molecule has 1 rings (SSSR count). The van der Waals surface area contributed by atoms with Crippen molar-refractivity contribution < 1.29 is 17.3 Å². The Kier molecular flexibility index (Phi) is 5.61. The molecule has 0 saturated carbocycles. The topological polar surface area (TPSA) is 52.6 Å². The van der Waals surface area contributed by atoms with Gasteiger partial charge in [-0.25, -0.2) is 0 Å². The van der Waals surface area contributed by atoms with Crippen molar-refractivity contribution in [3.05, 3.63) is 29.8 Å². The van der Waals surface area contributed by atoms with E-state index in [1.54, 1.807) is 24.3 Å². The van der Waals surface area contributed by atoms with Crippen LogP contribution in [0, 0.1) is 6.92 Å². The van der Waals surface area contributed by atoms with Crippen molar-refractivity contribution >= 4 is 10.1 Å². The number of ether oxygens (including phenoxy) is 1. The smallest absolute Gasteiger partial charge is 0.296 e. The summed E-state index contributed by atoms with van der Waals surface area (Å²) >= 11 is 0. The number of aryl methyl sites for hydroxylation is 1. The van der Waals surface area contributed by atoms with Gasteiger partial charge in [0.25, 0.3) is 10.1 Å². The van der Waals surface area contributed by atoms with Crippen LogP contribution in [0.1, 0.15) is 18.9 Å². The molecule has 0 N–H and O–H groups in total. The number of hydrogen-bond donors (Lipinski definition) is 0. The van der Waals surface area contributed by atoms with Gasteiger partial charge in [-0.2, -0.15) is 8.42 Å². The van der Waals surface area contributed by atoms with Gasteiger partial charge in [0.2, 0.25) is 0 Å². The first-order valence-electron chi connectivity index (χ1n) is 5.60. The van der Waals surface area contributed by atoms with E-state index in [0.717, 1.165) is 5.56 Å². The van der Waals surface area contributed by atoms with Gasteiger partial charge in [0.05, 0.1) is 11.5 Å². The molecule has 0 unspecified atom stereocenters. The van der Waals surface area contributed by atoms with Gasteiger partial charge in [0.1, 0.15) is 0 Å². The highest BCUT2D eigenvalue weighted by Crippen LogP contribution is 2.13. The summed E-state index contributed by atoms with van der Waals surface area (Å²) in [6.45, 7) is 5.09. The van der Waals surface area contributed by atoms with Crippen molar-refractivity contribution in [2.45, 2.75) is 25.2 Å². The van der Waals surface area contributed by atoms with E-state index in [1.165, 1.54) is 0 Å². The highest BCUT2D eigenvalue weighted by atomic mass is 32.2. The summed E-state index contributed by atoms with van der Waals surface area (Å²) in [6.07, 6.45) is 0.568. The molecule has 1 aromatic carbocycles. The third kappa shape index (κ3) is 4.85. The third-order valence-electron chi connectivity index (χ3n) is 2.19. The number of benzene rings is 1. The monoisotopic (exact) mass is 258 g/mol. The van der Waals surface area contributed by atoms with E-state index in [4.69, 9.17) is 8.92 Å². The van der Waals surface area contributed by atoms with Crippen molar-refractivity contribution in [2.24, 2.45) is 0 Å². The molecule has 0 bridgehead atoms. The van der Waals surface area contributed by atoms with Crippen LogP contribution in [0.3, 0.4) is 0 Å². The fourth-order valence-corrected chi connectivity index (χ4v) is 2.19. The normalized spacial score (nSPS) is 11.6. The van der Waals surface area contributed by atoms with Gasteiger partial charge in [0.15, 0.2) is 0 Å². The van der Waals surface area contributed by atoms with Crippen LogP contribution in [0.5, 0.6) is 0 Å². The van der Waals surface area contributed by atoms with Crippen molar-refractivity contribution in [3.63, 3.8) is 0 Å². The molecule has 17 heavy (non-hydrogen) atoms. The predicted octanol–water partition coefficient (Wildman–Crippen LogP) is 2.13. The molecule has 0 aliphatic rings. The van der Waals surface area contributed by atoms with Gasteiger partial charge in [-0.05, 0) is 32.4 Å². The summed E-state index contributed by atoms with van der Waals surface area (Å²) in [6, 6.07) is 6.59. The van der Waals surface area contributed by atoms with Crippen LogP contribution in [0.2, 0.25) is 0 Å². The van der Waals surface area contributed by atoms with Crippen molar-refractivity contribution in [1.29, 1.82) is 0 Å². The lowest BCUT2D eigenvalue weighted by atomic mass is 10.2. The van der Waals surface area contributed by atoms with E-state index in [9.17, 15) is 8.42 Å². The van der Waals surface area contributed by atoms with Gasteiger partial charge < -0.3 is 4.74 Å². The molecule has 1 aromatic rings. The molecule has 5 heteroatoms. The van der Waals surface area contributed by atoms with Crippen molar-refractivity contribution in [3.8, 4) is 0 Å². The minimum absolute atomic E-state index is 0.149.